The van der Waals surface area contributed by atoms with Gasteiger partial charge in [0.05, 0.1) is 20.3 Å². The number of hydrogen-bond donors (Lipinski definition) is 2. The van der Waals surface area contributed by atoms with Crippen LogP contribution < -0.4 is 14.8 Å². The fourth-order valence-corrected chi connectivity index (χ4v) is 2.43. The molecular formula is C18H21N5O2. The third-order valence-electron chi connectivity index (χ3n) is 3.62. The minimum Gasteiger partial charge on any atom is -0.493 e. The maximum Gasteiger partial charge on any atom is 0.181 e. The van der Waals surface area contributed by atoms with Crippen molar-refractivity contribution in [2.45, 2.75) is 20.0 Å². The van der Waals surface area contributed by atoms with E-state index < -0.39 is 0 Å². The van der Waals surface area contributed by atoms with E-state index in [4.69, 9.17) is 9.47 Å². The average molecular weight is 339 g/mol. The summed E-state index contributed by atoms with van der Waals surface area (Å²) in [7, 11) is 1.64. The predicted octanol–water partition coefficient (Wildman–Crippen LogP) is 2.56. The third kappa shape index (κ3) is 4.33. The molecule has 0 fully saturated rings. The molecule has 0 aliphatic rings. The van der Waals surface area contributed by atoms with E-state index in [0.717, 1.165) is 28.5 Å². The first kappa shape index (κ1) is 16.9. The Morgan fingerprint density at radius 2 is 1.92 bits per heavy atom. The molecule has 130 valence electrons. The highest BCUT2D eigenvalue weighted by Gasteiger charge is 2.07. The van der Waals surface area contributed by atoms with Gasteiger partial charge in [-0.15, -0.1) is 0 Å². The maximum absolute atomic E-state index is 5.60. The summed E-state index contributed by atoms with van der Waals surface area (Å²) in [6.45, 7) is 3.83. The van der Waals surface area contributed by atoms with Crippen molar-refractivity contribution in [3.05, 3.63) is 54.1 Å². The van der Waals surface area contributed by atoms with E-state index in [1.165, 1.54) is 0 Å². The molecule has 0 atom stereocenters. The second kappa shape index (κ2) is 8.25. The van der Waals surface area contributed by atoms with Gasteiger partial charge in [0.1, 0.15) is 5.82 Å². The number of methoxy groups -OCH3 is 1. The molecule has 3 rings (SSSR count). The number of aromatic nitrogens is 4. The number of nitrogens with zero attached hydrogens (tertiary/aromatic N) is 3. The molecule has 2 aromatic heterocycles. The van der Waals surface area contributed by atoms with E-state index in [9.17, 15) is 0 Å². The van der Waals surface area contributed by atoms with Gasteiger partial charge in [0.25, 0.3) is 0 Å². The number of aromatic amines is 1. The molecule has 25 heavy (non-hydrogen) atoms. The summed E-state index contributed by atoms with van der Waals surface area (Å²) in [4.78, 5) is 8.48. The van der Waals surface area contributed by atoms with Crippen LogP contribution in [0.2, 0.25) is 0 Å². The van der Waals surface area contributed by atoms with E-state index in [1.54, 1.807) is 19.5 Å². The summed E-state index contributed by atoms with van der Waals surface area (Å²) >= 11 is 0. The van der Waals surface area contributed by atoms with Crippen LogP contribution in [0.5, 0.6) is 11.5 Å². The van der Waals surface area contributed by atoms with Crippen LogP contribution in [-0.4, -0.2) is 33.9 Å². The number of nitrogens with one attached hydrogen (secondary N) is 2. The van der Waals surface area contributed by atoms with E-state index in [0.29, 0.717) is 25.5 Å². The van der Waals surface area contributed by atoms with Crippen LogP contribution in [0.15, 0.2) is 42.7 Å². The number of ether oxygens (including phenoxy) is 2. The van der Waals surface area contributed by atoms with Gasteiger partial charge in [-0.05, 0) is 36.8 Å². The highest BCUT2D eigenvalue weighted by molar-refractivity contribution is 5.52. The number of rotatable bonds is 8. The number of benzene rings is 1. The molecule has 7 heteroatoms. The molecule has 0 bridgehead atoms. The maximum atomic E-state index is 5.60. The lowest BCUT2D eigenvalue weighted by Crippen LogP contribution is -2.14. The first-order valence-electron chi connectivity index (χ1n) is 8.12. The summed E-state index contributed by atoms with van der Waals surface area (Å²) in [5.74, 6) is 2.94. The quantitative estimate of drug-likeness (QED) is 0.656. The molecule has 0 spiro atoms. The second-order valence-corrected chi connectivity index (χ2v) is 5.36. The van der Waals surface area contributed by atoms with Gasteiger partial charge in [-0.1, -0.05) is 6.07 Å². The van der Waals surface area contributed by atoms with Crippen molar-refractivity contribution in [2.75, 3.05) is 13.7 Å². The Bertz CT molecular complexity index is 804. The molecule has 0 saturated heterocycles. The summed E-state index contributed by atoms with van der Waals surface area (Å²) in [6, 6.07) is 9.67. The Balaban J connectivity index is 1.58. The van der Waals surface area contributed by atoms with Crippen LogP contribution in [0.1, 0.15) is 18.3 Å². The molecule has 2 N–H and O–H groups in total. The Labute approximate surface area is 146 Å². The topological polar surface area (TPSA) is 85.0 Å². The number of pyridine rings is 1. The first-order valence-corrected chi connectivity index (χ1v) is 8.12. The van der Waals surface area contributed by atoms with Gasteiger partial charge in [0.2, 0.25) is 0 Å². The van der Waals surface area contributed by atoms with Crippen molar-refractivity contribution < 1.29 is 9.47 Å². The van der Waals surface area contributed by atoms with E-state index >= 15 is 0 Å². The van der Waals surface area contributed by atoms with Crippen molar-refractivity contribution in [1.82, 2.24) is 25.5 Å². The fraction of sp³-hybridized carbons (Fsp3) is 0.278. The van der Waals surface area contributed by atoms with Crippen molar-refractivity contribution in [3.63, 3.8) is 0 Å². The average Bonchev–Trinajstić information content (AvgIpc) is 3.12. The van der Waals surface area contributed by atoms with E-state index in [1.807, 2.05) is 37.3 Å². The monoisotopic (exact) mass is 339 g/mol. The zero-order valence-electron chi connectivity index (χ0n) is 14.3. The zero-order valence-corrected chi connectivity index (χ0v) is 14.3. The lowest BCUT2D eigenvalue weighted by atomic mass is 10.2. The van der Waals surface area contributed by atoms with Gasteiger partial charge < -0.3 is 14.8 Å². The number of H-pyrrole nitrogens is 1. The van der Waals surface area contributed by atoms with Crippen LogP contribution >= 0.6 is 0 Å². The Morgan fingerprint density at radius 3 is 2.68 bits per heavy atom. The smallest absolute Gasteiger partial charge is 0.181 e. The largest absolute Gasteiger partial charge is 0.493 e. The van der Waals surface area contributed by atoms with Gasteiger partial charge >= 0.3 is 0 Å². The van der Waals surface area contributed by atoms with Crippen LogP contribution in [-0.2, 0) is 13.1 Å². The van der Waals surface area contributed by atoms with Gasteiger partial charge in [-0.25, -0.2) is 4.98 Å². The van der Waals surface area contributed by atoms with Crippen LogP contribution in [0, 0.1) is 0 Å². The van der Waals surface area contributed by atoms with Gasteiger partial charge in [0, 0.05) is 24.5 Å². The van der Waals surface area contributed by atoms with Gasteiger partial charge in [-0.3, -0.25) is 10.1 Å². The van der Waals surface area contributed by atoms with Crippen LogP contribution in [0.4, 0.5) is 0 Å². The third-order valence-corrected chi connectivity index (χ3v) is 3.62. The van der Waals surface area contributed by atoms with Gasteiger partial charge in [-0.2, -0.15) is 5.10 Å². The van der Waals surface area contributed by atoms with Crippen LogP contribution in [0.3, 0.4) is 0 Å². The Kier molecular flexibility index (Phi) is 5.58. The molecule has 0 aliphatic carbocycles. The summed E-state index contributed by atoms with van der Waals surface area (Å²) in [5.41, 5.74) is 2.05. The van der Waals surface area contributed by atoms with Crippen molar-refractivity contribution in [3.8, 4) is 22.9 Å². The lowest BCUT2D eigenvalue weighted by molar-refractivity contribution is 0.310. The highest BCUT2D eigenvalue weighted by Crippen LogP contribution is 2.28. The molecule has 0 aliphatic heterocycles. The molecule has 7 nitrogen and oxygen atoms in total. The molecule has 1 aromatic carbocycles. The number of hydrogen-bond acceptors (Lipinski definition) is 6. The normalized spacial score (nSPS) is 10.6. The van der Waals surface area contributed by atoms with Gasteiger partial charge in [0.15, 0.2) is 17.3 Å². The van der Waals surface area contributed by atoms with Crippen LogP contribution in [0.25, 0.3) is 11.4 Å². The van der Waals surface area contributed by atoms with E-state index in [-0.39, 0.29) is 0 Å². The molecule has 0 unspecified atom stereocenters. The molecule has 0 saturated carbocycles. The second-order valence-electron chi connectivity index (χ2n) is 5.36. The first-order chi connectivity index (χ1) is 12.3. The Morgan fingerprint density at radius 1 is 1.08 bits per heavy atom. The Hall–Kier alpha value is -2.93. The molecule has 3 aromatic rings. The summed E-state index contributed by atoms with van der Waals surface area (Å²) in [6.07, 6.45) is 3.45. The summed E-state index contributed by atoms with van der Waals surface area (Å²) in [5, 5.41) is 10.5. The van der Waals surface area contributed by atoms with Crippen molar-refractivity contribution in [1.29, 1.82) is 0 Å². The minimum atomic E-state index is 0.591. The standard InChI is InChI=1S/C18H21N5O2/c1-3-25-16-10-13(4-5-15(16)24-2)11-20-12-17-21-18(23-22-17)14-6-8-19-9-7-14/h4-10,20H,3,11-12H2,1-2H3,(H,21,22,23). The van der Waals surface area contributed by atoms with E-state index in [2.05, 4.69) is 25.5 Å². The summed E-state index contributed by atoms with van der Waals surface area (Å²) < 4.78 is 10.9. The van der Waals surface area contributed by atoms with Crippen molar-refractivity contribution in [2.24, 2.45) is 0 Å². The predicted molar refractivity (Wildman–Crippen MR) is 94.3 cm³/mol. The molecule has 0 radical (unpaired) electrons. The fourth-order valence-electron chi connectivity index (χ4n) is 2.43. The molecule has 2 heterocycles. The van der Waals surface area contributed by atoms with Crippen molar-refractivity contribution >= 4 is 0 Å². The lowest BCUT2D eigenvalue weighted by Gasteiger charge is -2.11. The molecule has 0 amide bonds. The minimum absolute atomic E-state index is 0.591. The molecular weight excluding hydrogens is 318 g/mol. The highest BCUT2D eigenvalue weighted by atomic mass is 16.5. The SMILES string of the molecule is CCOc1cc(CNCc2nc(-c3ccncc3)n[nH]2)ccc1OC. The zero-order chi connectivity index (χ0) is 17.5.